The fraction of sp³-hybridized carbons (Fsp3) is 0.318. The van der Waals surface area contributed by atoms with Crippen molar-refractivity contribution >= 4 is 16.8 Å². The van der Waals surface area contributed by atoms with Gasteiger partial charge in [0, 0.05) is 12.1 Å². The number of carbonyl (C=O) groups is 1. The van der Waals surface area contributed by atoms with Crippen LogP contribution < -0.4 is 10.9 Å². The van der Waals surface area contributed by atoms with Crippen LogP contribution in [-0.4, -0.2) is 22.0 Å². The molecular weight excluding hydrogens is 338 g/mol. The highest BCUT2D eigenvalue weighted by Crippen LogP contribution is 2.13. The number of para-hydroxylation sites is 1. The minimum absolute atomic E-state index is 0.0917. The Morgan fingerprint density at radius 1 is 1.11 bits per heavy atom. The SMILES string of the molecule is Cc1nc2ccccc2c(=O)n1-c1ccc(C(=O)NCCCC(C)C)cc1. The quantitative estimate of drug-likeness (QED) is 0.677. The minimum Gasteiger partial charge on any atom is -0.352 e. The van der Waals surface area contributed by atoms with E-state index < -0.39 is 0 Å². The first-order valence-corrected chi connectivity index (χ1v) is 9.34. The zero-order chi connectivity index (χ0) is 19.4. The van der Waals surface area contributed by atoms with E-state index in [-0.39, 0.29) is 11.5 Å². The van der Waals surface area contributed by atoms with Gasteiger partial charge in [-0.25, -0.2) is 4.98 Å². The molecule has 5 nitrogen and oxygen atoms in total. The van der Waals surface area contributed by atoms with Crippen molar-refractivity contribution in [2.75, 3.05) is 6.54 Å². The molecule has 5 heteroatoms. The van der Waals surface area contributed by atoms with Crippen LogP contribution in [0.15, 0.2) is 53.3 Å². The Kier molecular flexibility index (Phi) is 5.69. The number of hydrogen-bond acceptors (Lipinski definition) is 3. The first-order valence-electron chi connectivity index (χ1n) is 9.34. The van der Waals surface area contributed by atoms with Gasteiger partial charge in [0.2, 0.25) is 0 Å². The molecule has 0 aliphatic carbocycles. The van der Waals surface area contributed by atoms with Crippen molar-refractivity contribution in [3.8, 4) is 5.69 Å². The van der Waals surface area contributed by atoms with Crippen molar-refractivity contribution in [2.45, 2.75) is 33.6 Å². The lowest BCUT2D eigenvalue weighted by Crippen LogP contribution is -2.25. The molecule has 3 rings (SSSR count). The molecular formula is C22H25N3O2. The van der Waals surface area contributed by atoms with Gasteiger partial charge in [0.05, 0.1) is 16.6 Å². The third-order valence-corrected chi connectivity index (χ3v) is 4.57. The van der Waals surface area contributed by atoms with E-state index >= 15 is 0 Å². The number of nitrogens with zero attached hydrogens (tertiary/aromatic N) is 2. The Labute approximate surface area is 159 Å². The van der Waals surface area contributed by atoms with Gasteiger partial charge in [-0.15, -0.1) is 0 Å². The van der Waals surface area contributed by atoms with Gasteiger partial charge in [0.15, 0.2) is 0 Å². The van der Waals surface area contributed by atoms with Crippen molar-refractivity contribution in [3.05, 3.63) is 70.3 Å². The van der Waals surface area contributed by atoms with Gasteiger partial charge in [-0.1, -0.05) is 26.0 Å². The summed E-state index contributed by atoms with van der Waals surface area (Å²) in [7, 11) is 0. The molecule has 140 valence electrons. The Morgan fingerprint density at radius 3 is 2.52 bits per heavy atom. The maximum absolute atomic E-state index is 12.8. The van der Waals surface area contributed by atoms with Gasteiger partial charge < -0.3 is 5.32 Å². The number of aryl methyl sites for hydroxylation is 1. The molecule has 0 unspecified atom stereocenters. The first-order chi connectivity index (χ1) is 13.0. The molecule has 1 aromatic heterocycles. The third-order valence-electron chi connectivity index (χ3n) is 4.57. The second-order valence-electron chi connectivity index (χ2n) is 7.16. The lowest BCUT2D eigenvalue weighted by atomic mass is 10.1. The van der Waals surface area contributed by atoms with Crippen LogP contribution in [-0.2, 0) is 0 Å². The normalized spacial score (nSPS) is 11.1. The Hall–Kier alpha value is -2.95. The summed E-state index contributed by atoms with van der Waals surface area (Å²) in [4.78, 5) is 29.6. The van der Waals surface area contributed by atoms with E-state index in [1.54, 1.807) is 34.9 Å². The number of benzene rings is 2. The average Bonchev–Trinajstić information content (AvgIpc) is 2.65. The van der Waals surface area contributed by atoms with Crippen molar-refractivity contribution < 1.29 is 4.79 Å². The summed E-state index contributed by atoms with van der Waals surface area (Å²) in [5.74, 6) is 1.16. The van der Waals surface area contributed by atoms with E-state index in [1.165, 1.54) is 0 Å². The number of aromatic nitrogens is 2. The summed E-state index contributed by atoms with van der Waals surface area (Å²) in [6.45, 7) is 6.83. The van der Waals surface area contributed by atoms with Gasteiger partial charge in [-0.3, -0.25) is 14.2 Å². The monoisotopic (exact) mass is 363 g/mol. The fourth-order valence-corrected chi connectivity index (χ4v) is 3.12. The molecule has 0 radical (unpaired) electrons. The van der Waals surface area contributed by atoms with E-state index in [4.69, 9.17) is 0 Å². The van der Waals surface area contributed by atoms with Crippen LogP contribution in [0.4, 0.5) is 0 Å². The number of nitrogens with one attached hydrogen (secondary N) is 1. The van der Waals surface area contributed by atoms with Crippen LogP contribution in [0.25, 0.3) is 16.6 Å². The van der Waals surface area contributed by atoms with Crippen LogP contribution in [0.5, 0.6) is 0 Å². The summed E-state index contributed by atoms with van der Waals surface area (Å²) in [5.41, 5.74) is 1.87. The fourth-order valence-electron chi connectivity index (χ4n) is 3.12. The van der Waals surface area contributed by atoms with Gasteiger partial charge in [-0.2, -0.15) is 0 Å². The molecule has 2 aromatic carbocycles. The lowest BCUT2D eigenvalue weighted by molar-refractivity contribution is 0.0952. The molecule has 0 aliphatic rings. The molecule has 0 atom stereocenters. The van der Waals surface area contributed by atoms with Crippen LogP contribution in [0.3, 0.4) is 0 Å². The number of amides is 1. The van der Waals surface area contributed by atoms with Gasteiger partial charge in [0.25, 0.3) is 11.5 Å². The zero-order valence-corrected chi connectivity index (χ0v) is 16.0. The van der Waals surface area contributed by atoms with Crippen molar-refractivity contribution in [2.24, 2.45) is 5.92 Å². The molecule has 0 aliphatic heterocycles. The number of carbonyl (C=O) groups excluding carboxylic acids is 1. The second-order valence-corrected chi connectivity index (χ2v) is 7.16. The molecule has 0 saturated heterocycles. The number of rotatable bonds is 6. The zero-order valence-electron chi connectivity index (χ0n) is 16.0. The Morgan fingerprint density at radius 2 is 1.81 bits per heavy atom. The number of fused-ring (bicyclic) bond motifs is 1. The van der Waals surface area contributed by atoms with E-state index in [2.05, 4.69) is 24.1 Å². The lowest BCUT2D eigenvalue weighted by Gasteiger charge is -2.12. The predicted molar refractivity (Wildman–Crippen MR) is 108 cm³/mol. The second kappa shape index (κ2) is 8.16. The molecule has 3 aromatic rings. The van der Waals surface area contributed by atoms with Crippen LogP contribution in [0.1, 0.15) is 42.9 Å². The van der Waals surface area contributed by atoms with Crippen LogP contribution in [0.2, 0.25) is 0 Å². The molecule has 0 bridgehead atoms. The van der Waals surface area contributed by atoms with E-state index in [0.29, 0.717) is 40.4 Å². The predicted octanol–water partition coefficient (Wildman–Crippen LogP) is 3.86. The highest BCUT2D eigenvalue weighted by atomic mass is 16.1. The molecule has 1 amide bonds. The molecule has 1 N–H and O–H groups in total. The van der Waals surface area contributed by atoms with E-state index in [0.717, 1.165) is 12.8 Å². The summed E-state index contributed by atoms with van der Waals surface area (Å²) in [6, 6.07) is 14.4. The summed E-state index contributed by atoms with van der Waals surface area (Å²) in [6.07, 6.45) is 2.06. The third kappa shape index (κ3) is 4.25. The summed E-state index contributed by atoms with van der Waals surface area (Å²) < 4.78 is 1.58. The maximum atomic E-state index is 12.8. The van der Waals surface area contributed by atoms with Crippen molar-refractivity contribution in [3.63, 3.8) is 0 Å². The van der Waals surface area contributed by atoms with Gasteiger partial charge in [0.1, 0.15) is 5.82 Å². The first kappa shape index (κ1) is 18.8. The Balaban J connectivity index is 1.81. The molecule has 0 fully saturated rings. The topological polar surface area (TPSA) is 64.0 Å². The standard InChI is InChI=1S/C22H25N3O2/c1-15(2)7-6-14-23-21(26)17-10-12-18(13-11-17)25-16(3)24-20-9-5-4-8-19(20)22(25)27/h4-5,8-13,15H,6-7,14H2,1-3H3,(H,23,26). The summed E-state index contributed by atoms with van der Waals surface area (Å²) in [5, 5.41) is 3.52. The molecule has 0 saturated carbocycles. The largest absolute Gasteiger partial charge is 0.352 e. The van der Waals surface area contributed by atoms with Crippen LogP contribution >= 0.6 is 0 Å². The van der Waals surface area contributed by atoms with E-state index in [1.807, 2.05) is 25.1 Å². The molecule has 27 heavy (non-hydrogen) atoms. The molecule has 1 heterocycles. The molecule has 0 spiro atoms. The Bertz CT molecular complexity index is 1000. The minimum atomic E-state index is -0.107. The summed E-state index contributed by atoms with van der Waals surface area (Å²) >= 11 is 0. The van der Waals surface area contributed by atoms with Crippen molar-refractivity contribution in [1.29, 1.82) is 0 Å². The van der Waals surface area contributed by atoms with Crippen molar-refractivity contribution in [1.82, 2.24) is 14.9 Å². The number of hydrogen-bond donors (Lipinski definition) is 1. The average molecular weight is 363 g/mol. The highest BCUT2D eigenvalue weighted by Gasteiger charge is 2.11. The maximum Gasteiger partial charge on any atom is 0.265 e. The van der Waals surface area contributed by atoms with Crippen LogP contribution in [0, 0.1) is 12.8 Å². The van der Waals surface area contributed by atoms with Gasteiger partial charge in [-0.05, 0) is 62.1 Å². The highest BCUT2D eigenvalue weighted by molar-refractivity contribution is 5.94. The smallest absolute Gasteiger partial charge is 0.265 e. The van der Waals surface area contributed by atoms with Gasteiger partial charge >= 0.3 is 0 Å². The van der Waals surface area contributed by atoms with E-state index in [9.17, 15) is 9.59 Å².